The van der Waals surface area contributed by atoms with Crippen LogP contribution in [0.15, 0.2) is 48.5 Å². The highest BCUT2D eigenvalue weighted by atomic mass is 79.9. The summed E-state index contributed by atoms with van der Waals surface area (Å²) in [7, 11) is 1.64. The van der Waals surface area contributed by atoms with E-state index in [-0.39, 0.29) is 5.91 Å². The second-order valence-electron chi connectivity index (χ2n) is 4.69. The van der Waals surface area contributed by atoms with E-state index in [1.165, 1.54) is 0 Å². The van der Waals surface area contributed by atoms with Gasteiger partial charge in [0.25, 0.3) is 0 Å². The van der Waals surface area contributed by atoms with Gasteiger partial charge >= 0.3 is 0 Å². The predicted octanol–water partition coefficient (Wildman–Crippen LogP) is 4.16. The lowest BCUT2D eigenvalue weighted by atomic mass is 10.1. The summed E-state index contributed by atoms with van der Waals surface area (Å²) in [6, 6.07) is 15.6. The average molecular weight is 348 g/mol. The molecule has 0 aliphatic heterocycles. The average Bonchev–Trinajstić information content (AvgIpc) is 2.54. The zero-order chi connectivity index (χ0) is 15.1. The monoisotopic (exact) mass is 347 g/mol. The molecule has 110 valence electrons. The summed E-state index contributed by atoms with van der Waals surface area (Å²) in [5.41, 5.74) is 3.07. The van der Waals surface area contributed by atoms with E-state index >= 15 is 0 Å². The molecule has 1 N–H and O–H groups in total. The molecule has 0 aliphatic rings. The predicted molar refractivity (Wildman–Crippen MR) is 89.0 cm³/mol. The van der Waals surface area contributed by atoms with Crippen molar-refractivity contribution < 1.29 is 9.53 Å². The van der Waals surface area contributed by atoms with Crippen molar-refractivity contribution in [2.45, 2.75) is 18.2 Å². The second-order valence-corrected chi connectivity index (χ2v) is 5.25. The van der Waals surface area contributed by atoms with Gasteiger partial charge in [-0.15, -0.1) is 0 Å². The molecule has 0 unspecified atom stereocenters. The lowest BCUT2D eigenvalue weighted by Gasteiger charge is -2.09. The maximum atomic E-state index is 12.0. The van der Waals surface area contributed by atoms with Crippen LogP contribution in [0, 0.1) is 0 Å². The smallest absolute Gasteiger partial charge is 0.224 e. The first-order chi connectivity index (χ1) is 10.2. The first kappa shape index (κ1) is 15.6. The number of hydrogen-bond acceptors (Lipinski definition) is 2. The largest absolute Gasteiger partial charge is 0.497 e. The first-order valence-corrected chi connectivity index (χ1v) is 7.91. The zero-order valence-electron chi connectivity index (χ0n) is 11.9. The van der Waals surface area contributed by atoms with E-state index in [1.807, 2.05) is 48.5 Å². The number of rotatable bonds is 6. The molecule has 0 saturated heterocycles. The Hall–Kier alpha value is -1.81. The number of amides is 1. The van der Waals surface area contributed by atoms with Crippen LogP contribution in [0.25, 0.3) is 0 Å². The van der Waals surface area contributed by atoms with Crippen molar-refractivity contribution >= 4 is 27.5 Å². The number of carbonyl (C=O) groups excluding carboxylic acids is 1. The quantitative estimate of drug-likeness (QED) is 0.796. The number of carbonyl (C=O) groups is 1. The molecule has 0 aromatic heterocycles. The minimum absolute atomic E-state index is 0.0271. The number of nitrogens with one attached hydrogen (secondary N) is 1. The number of ether oxygens (including phenoxy) is 1. The molecule has 0 atom stereocenters. The molecule has 0 radical (unpaired) electrons. The molecular formula is C17H18BrNO2. The second kappa shape index (κ2) is 7.84. The Bertz CT molecular complexity index is 596. The Morgan fingerprint density at radius 2 is 1.86 bits per heavy atom. The molecule has 0 bridgehead atoms. The van der Waals surface area contributed by atoms with Crippen molar-refractivity contribution in [3.8, 4) is 5.75 Å². The highest BCUT2D eigenvalue weighted by molar-refractivity contribution is 9.08. The molecule has 3 nitrogen and oxygen atoms in total. The Morgan fingerprint density at radius 3 is 2.52 bits per heavy atom. The third-order valence-corrected chi connectivity index (χ3v) is 3.84. The van der Waals surface area contributed by atoms with Gasteiger partial charge in [0.05, 0.1) is 7.11 Å². The van der Waals surface area contributed by atoms with Gasteiger partial charge in [0, 0.05) is 17.4 Å². The van der Waals surface area contributed by atoms with Crippen LogP contribution in [0.5, 0.6) is 5.75 Å². The molecule has 1 amide bonds. The number of aryl methyl sites for hydroxylation is 1. The fourth-order valence-corrected chi connectivity index (χ4v) is 2.51. The summed E-state index contributed by atoms with van der Waals surface area (Å²) in [6.45, 7) is 0. The Morgan fingerprint density at radius 1 is 1.14 bits per heavy atom. The van der Waals surface area contributed by atoms with Crippen molar-refractivity contribution in [3.63, 3.8) is 0 Å². The van der Waals surface area contributed by atoms with Crippen molar-refractivity contribution in [2.75, 3.05) is 12.4 Å². The van der Waals surface area contributed by atoms with Crippen LogP contribution in [0.2, 0.25) is 0 Å². The summed E-state index contributed by atoms with van der Waals surface area (Å²) >= 11 is 3.42. The van der Waals surface area contributed by atoms with Crippen molar-refractivity contribution in [3.05, 3.63) is 59.7 Å². The fraction of sp³-hybridized carbons (Fsp3) is 0.235. The zero-order valence-corrected chi connectivity index (χ0v) is 13.5. The Kier molecular flexibility index (Phi) is 5.81. The van der Waals surface area contributed by atoms with E-state index in [1.54, 1.807) is 7.11 Å². The van der Waals surface area contributed by atoms with Crippen molar-refractivity contribution in [1.29, 1.82) is 0 Å². The SMILES string of the molecule is COc1ccc(CCC(=O)Nc2ccccc2CBr)cc1. The Balaban J connectivity index is 1.89. The van der Waals surface area contributed by atoms with E-state index in [9.17, 15) is 4.79 Å². The van der Waals surface area contributed by atoms with E-state index in [4.69, 9.17) is 4.74 Å². The summed E-state index contributed by atoms with van der Waals surface area (Å²) in [5, 5.41) is 3.68. The molecule has 0 heterocycles. The lowest BCUT2D eigenvalue weighted by molar-refractivity contribution is -0.116. The third-order valence-electron chi connectivity index (χ3n) is 3.24. The number of hydrogen-bond donors (Lipinski definition) is 1. The van der Waals surface area contributed by atoms with Crippen LogP contribution < -0.4 is 10.1 Å². The van der Waals surface area contributed by atoms with Crippen LogP contribution in [-0.2, 0) is 16.5 Å². The van der Waals surface area contributed by atoms with E-state index < -0.39 is 0 Å². The van der Waals surface area contributed by atoms with Crippen LogP contribution in [0.3, 0.4) is 0 Å². The van der Waals surface area contributed by atoms with Gasteiger partial charge in [-0.25, -0.2) is 0 Å². The van der Waals surface area contributed by atoms with Crippen molar-refractivity contribution in [2.24, 2.45) is 0 Å². The number of halogens is 1. The van der Waals surface area contributed by atoms with Gasteiger partial charge in [-0.05, 0) is 35.7 Å². The van der Waals surface area contributed by atoms with E-state index in [0.717, 1.165) is 27.9 Å². The maximum Gasteiger partial charge on any atom is 0.224 e. The topological polar surface area (TPSA) is 38.3 Å². The van der Waals surface area contributed by atoms with Crippen molar-refractivity contribution in [1.82, 2.24) is 0 Å². The molecule has 0 aliphatic carbocycles. The van der Waals surface area contributed by atoms with Gasteiger partial charge in [0.1, 0.15) is 5.75 Å². The third kappa shape index (κ3) is 4.60. The van der Waals surface area contributed by atoms with Gasteiger partial charge in [-0.2, -0.15) is 0 Å². The molecule has 0 saturated carbocycles. The van der Waals surface area contributed by atoms with Gasteiger partial charge in [0.2, 0.25) is 5.91 Å². The molecule has 2 aromatic rings. The van der Waals surface area contributed by atoms with Crippen LogP contribution in [-0.4, -0.2) is 13.0 Å². The number of para-hydroxylation sites is 1. The minimum atomic E-state index is 0.0271. The number of benzene rings is 2. The lowest BCUT2D eigenvalue weighted by Crippen LogP contribution is -2.13. The molecular weight excluding hydrogens is 330 g/mol. The summed E-state index contributed by atoms with van der Waals surface area (Å²) < 4.78 is 5.12. The standard InChI is InChI=1S/C17H18BrNO2/c1-21-15-9-6-13(7-10-15)8-11-17(20)19-16-5-3-2-4-14(16)12-18/h2-7,9-10H,8,11-12H2,1H3,(H,19,20). The highest BCUT2D eigenvalue weighted by Gasteiger charge is 2.06. The number of anilines is 1. The van der Waals surface area contributed by atoms with Crippen LogP contribution in [0.4, 0.5) is 5.69 Å². The van der Waals surface area contributed by atoms with Gasteiger partial charge in [0.15, 0.2) is 0 Å². The van der Waals surface area contributed by atoms with Gasteiger partial charge in [-0.1, -0.05) is 46.3 Å². The molecule has 0 spiro atoms. The molecule has 21 heavy (non-hydrogen) atoms. The minimum Gasteiger partial charge on any atom is -0.497 e. The fourth-order valence-electron chi connectivity index (χ4n) is 2.02. The number of methoxy groups -OCH3 is 1. The normalized spacial score (nSPS) is 10.2. The van der Waals surface area contributed by atoms with Crippen LogP contribution in [0.1, 0.15) is 17.5 Å². The summed E-state index contributed by atoms with van der Waals surface area (Å²) in [6.07, 6.45) is 1.18. The van der Waals surface area contributed by atoms with Gasteiger partial charge in [-0.3, -0.25) is 4.79 Å². The summed E-state index contributed by atoms with van der Waals surface area (Å²) in [4.78, 5) is 12.0. The van der Waals surface area contributed by atoms with Gasteiger partial charge < -0.3 is 10.1 Å². The first-order valence-electron chi connectivity index (χ1n) is 6.79. The Labute approximate surface area is 133 Å². The molecule has 2 aromatic carbocycles. The molecule has 2 rings (SSSR count). The van der Waals surface area contributed by atoms with Crippen LogP contribution >= 0.6 is 15.9 Å². The summed E-state index contributed by atoms with van der Waals surface area (Å²) in [5.74, 6) is 0.855. The highest BCUT2D eigenvalue weighted by Crippen LogP contribution is 2.18. The molecule has 4 heteroatoms. The molecule has 0 fully saturated rings. The number of alkyl halides is 1. The maximum absolute atomic E-state index is 12.0. The van der Waals surface area contributed by atoms with E-state index in [0.29, 0.717) is 12.8 Å². The van der Waals surface area contributed by atoms with E-state index in [2.05, 4.69) is 21.2 Å².